The Morgan fingerprint density at radius 3 is 2.65 bits per heavy atom. The van der Waals surface area contributed by atoms with E-state index in [1.165, 1.54) is 24.0 Å². The molecule has 1 aromatic rings. The first kappa shape index (κ1) is 12.2. The summed E-state index contributed by atoms with van der Waals surface area (Å²) in [5.41, 5.74) is 10.0. The van der Waals surface area contributed by atoms with Crippen LogP contribution in [0.15, 0.2) is 6.07 Å². The molecule has 0 saturated heterocycles. The van der Waals surface area contributed by atoms with Gasteiger partial charge in [-0.3, -0.25) is 0 Å². The van der Waals surface area contributed by atoms with Gasteiger partial charge < -0.3 is 15.2 Å². The second kappa shape index (κ2) is 4.96. The topological polar surface area (TPSA) is 44.5 Å². The largest absolute Gasteiger partial charge is 0.493 e. The van der Waals surface area contributed by atoms with Crippen molar-refractivity contribution < 1.29 is 9.47 Å². The van der Waals surface area contributed by atoms with Crippen LogP contribution < -0.4 is 15.2 Å². The second-order valence-electron chi connectivity index (χ2n) is 4.67. The van der Waals surface area contributed by atoms with Crippen molar-refractivity contribution in [2.75, 3.05) is 14.2 Å². The first-order valence-electron chi connectivity index (χ1n) is 6.19. The van der Waals surface area contributed by atoms with Crippen molar-refractivity contribution >= 4 is 0 Å². The van der Waals surface area contributed by atoms with Gasteiger partial charge in [0.05, 0.1) is 14.2 Å². The molecule has 3 nitrogen and oxygen atoms in total. The molecule has 0 aromatic heterocycles. The molecule has 0 saturated carbocycles. The van der Waals surface area contributed by atoms with Gasteiger partial charge in [-0.15, -0.1) is 0 Å². The van der Waals surface area contributed by atoms with Crippen molar-refractivity contribution in [1.82, 2.24) is 0 Å². The van der Waals surface area contributed by atoms with Crippen LogP contribution in [0.2, 0.25) is 0 Å². The fraction of sp³-hybridized carbons (Fsp3) is 0.571. The Kier molecular flexibility index (Phi) is 3.57. The molecule has 0 aliphatic heterocycles. The maximum absolute atomic E-state index is 6.28. The highest BCUT2D eigenvalue weighted by Crippen LogP contribution is 2.42. The van der Waals surface area contributed by atoms with Crippen molar-refractivity contribution in [2.24, 2.45) is 5.73 Å². The van der Waals surface area contributed by atoms with Crippen LogP contribution in [0.5, 0.6) is 11.5 Å². The molecule has 1 atom stereocenters. The fourth-order valence-corrected chi connectivity index (χ4v) is 2.73. The third kappa shape index (κ3) is 2.12. The zero-order chi connectivity index (χ0) is 12.4. The zero-order valence-electron chi connectivity index (χ0n) is 10.9. The number of benzene rings is 1. The van der Waals surface area contributed by atoms with Gasteiger partial charge >= 0.3 is 0 Å². The van der Waals surface area contributed by atoms with E-state index < -0.39 is 0 Å². The lowest BCUT2D eigenvalue weighted by Gasteiger charge is -2.21. The summed E-state index contributed by atoms with van der Waals surface area (Å²) < 4.78 is 10.9. The van der Waals surface area contributed by atoms with Crippen LogP contribution in [-0.2, 0) is 6.42 Å². The van der Waals surface area contributed by atoms with Gasteiger partial charge in [0, 0.05) is 11.6 Å². The Hall–Kier alpha value is -1.22. The van der Waals surface area contributed by atoms with Gasteiger partial charge in [0.2, 0.25) is 0 Å². The summed E-state index contributed by atoms with van der Waals surface area (Å²) in [6.45, 7) is 2.12. The van der Waals surface area contributed by atoms with E-state index in [0.29, 0.717) is 0 Å². The van der Waals surface area contributed by atoms with E-state index in [0.717, 1.165) is 29.9 Å². The summed E-state index contributed by atoms with van der Waals surface area (Å²) in [6, 6.07) is 2.12. The average Bonchev–Trinajstić information content (AvgIpc) is 2.52. The molecule has 0 heterocycles. The van der Waals surface area contributed by atoms with E-state index >= 15 is 0 Å². The molecular formula is C14H21NO2. The highest BCUT2D eigenvalue weighted by Gasteiger charge is 2.24. The molecule has 3 heteroatoms. The van der Waals surface area contributed by atoms with Crippen LogP contribution in [-0.4, -0.2) is 14.2 Å². The highest BCUT2D eigenvalue weighted by molar-refractivity contribution is 5.56. The monoisotopic (exact) mass is 235 g/mol. The van der Waals surface area contributed by atoms with Crippen LogP contribution in [0.25, 0.3) is 0 Å². The number of ether oxygens (including phenoxy) is 2. The Labute approximate surface area is 103 Å². The molecule has 0 radical (unpaired) electrons. The predicted molar refractivity (Wildman–Crippen MR) is 68.8 cm³/mol. The van der Waals surface area contributed by atoms with E-state index in [4.69, 9.17) is 15.2 Å². The minimum absolute atomic E-state index is 0.0660. The quantitative estimate of drug-likeness (QED) is 0.802. The molecule has 0 fully saturated rings. The minimum Gasteiger partial charge on any atom is -0.493 e. The van der Waals surface area contributed by atoms with Gasteiger partial charge in [0.15, 0.2) is 11.5 Å². The maximum Gasteiger partial charge on any atom is 0.165 e. The molecule has 2 N–H and O–H groups in total. The number of aryl methyl sites for hydroxylation is 1. The van der Waals surface area contributed by atoms with E-state index in [2.05, 4.69) is 13.0 Å². The van der Waals surface area contributed by atoms with Crippen LogP contribution >= 0.6 is 0 Å². The Morgan fingerprint density at radius 1 is 1.24 bits per heavy atom. The molecule has 17 heavy (non-hydrogen) atoms. The first-order chi connectivity index (χ1) is 8.19. The zero-order valence-corrected chi connectivity index (χ0v) is 10.9. The molecule has 0 spiro atoms. The van der Waals surface area contributed by atoms with Crippen molar-refractivity contribution in [1.29, 1.82) is 0 Å². The van der Waals surface area contributed by atoms with Gasteiger partial charge in [-0.25, -0.2) is 0 Å². The fourth-order valence-electron chi connectivity index (χ4n) is 2.73. The van der Waals surface area contributed by atoms with E-state index in [9.17, 15) is 0 Å². The molecule has 1 aliphatic rings. The van der Waals surface area contributed by atoms with E-state index in [1.807, 2.05) is 0 Å². The van der Waals surface area contributed by atoms with Gasteiger partial charge in [0.1, 0.15) is 0 Å². The lowest BCUT2D eigenvalue weighted by atomic mass is 9.94. The molecule has 94 valence electrons. The molecule has 0 bridgehead atoms. The van der Waals surface area contributed by atoms with Crippen molar-refractivity contribution in [3.63, 3.8) is 0 Å². The number of rotatable bonds is 2. The third-order valence-electron chi connectivity index (χ3n) is 3.60. The summed E-state index contributed by atoms with van der Waals surface area (Å²) in [5.74, 6) is 1.61. The number of hydrogen-bond acceptors (Lipinski definition) is 3. The van der Waals surface area contributed by atoms with Crippen LogP contribution in [0.1, 0.15) is 42.0 Å². The summed E-state index contributed by atoms with van der Waals surface area (Å²) in [7, 11) is 3.36. The Morgan fingerprint density at radius 2 is 2.00 bits per heavy atom. The van der Waals surface area contributed by atoms with Gasteiger partial charge in [0.25, 0.3) is 0 Å². The predicted octanol–water partition coefficient (Wildman–Crippen LogP) is 2.74. The standard InChI is InChI=1S/C14H21NO2/c1-9-8-12(16-2)14(17-3)13-10(9)6-4-5-7-11(13)15/h8,11H,4-7,15H2,1-3H3/t11-/m1/s1. The number of methoxy groups -OCH3 is 2. The summed E-state index contributed by atoms with van der Waals surface area (Å²) >= 11 is 0. The Bertz CT molecular complexity index is 415. The van der Waals surface area contributed by atoms with Crippen LogP contribution in [0.3, 0.4) is 0 Å². The number of fused-ring (bicyclic) bond motifs is 1. The van der Waals surface area contributed by atoms with E-state index in [1.54, 1.807) is 14.2 Å². The van der Waals surface area contributed by atoms with Gasteiger partial charge in [-0.2, -0.15) is 0 Å². The summed E-state index contributed by atoms with van der Waals surface area (Å²) in [4.78, 5) is 0. The summed E-state index contributed by atoms with van der Waals surface area (Å²) in [6.07, 6.45) is 4.50. The lowest BCUT2D eigenvalue weighted by molar-refractivity contribution is 0.348. The number of hydrogen-bond donors (Lipinski definition) is 1. The molecule has 0 unspecified atom stereocenters. The normalized spacial score (nSPS) is 19.4. The molecule has 2 rings (SSSR count). The minimum atomic E-state index is 0.0660. The molecule has 0 amide bonds. The van der Waals surface area contributed by atoms with Crippen molar-refractivity contribution in [2.45, 2.75) is 38.6 Å². The van der Waals surface area contributed by atoms with E-state index in [-0.39, 0.29) is 6.04 Å². The maximum atomic E-state index is 6.28. The molecular weight excluding hydrogens is 214 g/mol. The SMILES string of the molecule is COc1cc(C)c2c(c1OC)[C@H](N)CCCC2. The van der Waals surface area contributed by atoms with Crippen LogP contribution in [0, 0.1) is 6.92 Å². The Balaban J connectivity index is 2.64. The average molecular weight is 235 g/mol. The first-order valence-corrected chi connectivity index (χ1v) is 6.19. The number of nitrogens with two attached hydrogens (primary N) is 1. The highest BCUT2D eigenvalue weighted by atomic mass is 16.5. The van der Waals surface area contributed by atoms with Crippen LogP contribution in [0.4, 0.5) is 0 Å². The molecule has 1 aromatic carbocycles. The summed E-state index contributed by atoms with van der Waals surface area (Å²) in [5, 5.41) is 0. The lowest BCUT2D eigenvalue weighted by Crippen LogP contribution is -2.13. The molecule has 1 aliphatic carbocycles. The van der Waals surface area contributed by atoms with Crippen molar-refractivity contribution in [3.8, 4) is 11.5 Å². The van der Waals surface area contributed by atoms with Gasteiger partial charge in [-0.05, 0) is 43.4 Å². The second-order valence-corrected chi connectivity index (χ2v) is 4.67. The smallest absolute Gasteiger partial charge is 0.165 e. The van der Waals surface area contributed by atoms with Gasteiger partial charge in [-0.1, -0.05) is 6.42 Å². The van der Waals surface area contributed by atoms with Crippen molar-refractivity contribution in [3.05, 3.63) is 22.8 Å². The third-order valence-corrected chi connectivity index (χ3v) is 3.60.